The number of methoxy groups -OCH3 is 1. The van der Waals surface area contributed by atoms with Crippen molar-refractivity contribution in [1.29, 1.82) is 0 Å². The lowest BCUT2D eigenvalue weighted by molar-refractivity contribution is 0.140. The molecule has 0 amide bonds. The molecule has 0 bridgehead atoms. The number of anilines is 1. The molecule has 0 unspecified atom stereocenters. The number of hydrogen-bond donors (Lipinski definition) is 1. The van der Waals surface area contributed by atoms with E-state index in [-0.39, 0.29) is 5.95 Å². The fraction of sp³-hybridized carbons (Fsp3) is 0.692. The molecule has 6 heteroatoms. The van der Waals surface area contributed by atoms with E-state index in [1.165, 1.54) is 7.11 Å². The molecule has 0 atom stereocenters. The van der Waals surface area contributed by atoms with Crippen LogP contribution in [0.2, 0.25) is 0 Å². The standard InChI is InChI=1S/C13H24N4O2/c1-9(2)17(10(3)4)6-7-19-12-8-11(18-5)15-13(14)16-12/h8-10H,6-7H2,1-5H3,(H2,14,15,16). The van der Waals surface area contributed by atoms with E-state index in [1.807, 2.05) is 0 Å². The summed E-state index contributed by atoms with van der Waals surface area (Å²) in [5.41, 5.74) is 5.57. The summed E-state index contributed by atoms with van der Waals surface area (Å²) >= 11 is 0. The zero-order valence-corrected chi connectivity index (χ0v) is 12.4. The lowest BCUT2D eigenvalue weighted by atomic mass is 10.2. The predicted molar refractivity (Wildman–Crippen MR) is 75.5 cm³/mol. The summed E-state index contributed by atoms with van der Waals surface area (Å²) in [6.07, 6.45) is 0. The number of nitrogens with zero attached hydrogens (tertiary/aromatic N) is 3. The molecule has 0 aromatic carbocycles. The lowest BCUT2D eigenvalue weighted by Gasteiger charge is -2.30. The highest BCUT2D eigenvalue weighted by Crippen LogP contribution is 2.16. The predicted octanol–water partition coefficient (Wildman–Crippen LogP) is 1.56. The molecular weight excluding hydrogens is 244 g/mol. The Morgan fingerprint density at radius 1 is 1.16 bits per heavy atom. The van der Waals surface area contributed by atoms with E-state index in [1.54, 1.807) is 6.07 Å². The van der Waals surface area contributed by atoms with Crippen molar-refractivity contribution >= 4 is 5.95 Å². The number of rotatable bonds is 7. The molecule has 1 aromatic rings. The van der Waals surface area contributed by atoms with Crippen LogP contribution < -0.4 is 15.2 Å². The van der Waals surface area contributed by atoms with Crippen molar-refractivity contribution in [3.8, 4) is 11.8 Å². The van der Waals surface area contributed by atoms with Gasteiger partial charge in [0.25, 0.3) is 0 Å². The molecule has 1 heterocycles. The van der Waals surface area contributed by atoms with Crippen molar-refractivity contribution in [2.75, 3.05) is 26.0 Å². The second kappa shape index (κ2) is 7.13. The van der Waals surface area contributed by atoms with Crippen LogP contribution in [0.1, 0.15) is 27.7 Å². The molecule has 0 spiro atoms. The van der Waals surface area contributed by atoms with Crippen LogP contribution in [0.3, 0.4) is 0 Å². The van der Waals surface area contributed by atoms with Crippen LogP contribution in [0, 0.1) is 0 Å². The summed E-state index contributed by atoms with van der Waals surface area (Å²) < 4.78 is 10.6. The summed E-state index contributed by atoms with van der Waals surface area (Å²) in [5.74, 6) is 1.00. The first-order valence-electron chi connectivity index (χ1n) is 6.51. The van der Waals surface area contributed by atoms with Gasteiger partial charge in [0.05, 0.1) is 13.2 Å². The van der Waals surface area contributed by atoms with Gasteiger partial charge >= 0.3 is 0 Å². The quantitative estimate of drug-likeness (QED) is 0.809. The summed E-state index contributed by atoms with van der Waals surface area (Å²) in [5, 5.41) is 0. The van der Waals surface area contributed by atoms with E-state index >= 15 is 0 Å². The molecule has 0 radical (unpaired) electrons. The zero-order valence-electron chi connectivity index (χ0n) is 12.4. The third kappa shape index (κ3) is 4.90. The zero-order chi connectivity index (χ0) is 14.4. The Morgan fingerprint density at radius 3 is 2.26 bits per heavy atom. The van der Waals surface area contributed by atoms with Crippen LogP contribution in [-0.2, 0) is 0 Å². The monoisotopic (exact) mass is 268 g/mol. The fourth-order valence-electron chi connectivity index (χ4n) is 1.97. The highest BCUT2D eigenvalue weighted by Gasteiger charge is 2.13. The molecule has 6 nitrogen and oxygen atoms in total. The van der Waals surface area contributed by atoms with Gasteiger partial charge in [0.15, 0.2) is 0 Å². The Kier molecular flexibility index (Phi) is 5.82. The molecule has 1 aromatic heterocycles. The average Bonchev–Trinajstić information content (AvgIpc) is 2.32. The summed E-state index contributed by atoms with van der Waals surface area (Å²) in [6.45, 7) is 10.1. The van der Waals surface area contributed by atoms with Gasteiger partial charge in [-0.3, -0.25) is 4.90 Å². The van der Waals surface area contributed by atoms with Gasteiger partial charge in [0.2, 0.25) is 17.7 Å². The third-order valence-electron chi connectivity index (χ3n) is 2.83. The van der Waals surface area contributed by atoms with E-state index in [0.29, 0.717) is 30.5 Å². The first kappa shape index (κ1) is 15.5. The van der Waals surface area contributed by atoms with Gasteiger partial charge < -0.3 is 15.2 Å². The Bertz CT molecular complexity index is 388. The molecule has 19 heavy (non-hydrogen) atoms. The third-order valence-corrected chi connectivity index (χ3v) is 2.83. The molecular formula is C13H24N4O2. The number of hydrogen-bond acceptors (Lipinski definition) is 6. The minimum Gasteiger partial charge on any atom is -0.481 e. The Hall–Kier alpha value is -1.56. The average molecular weight is 268 g/mol. The van der Waals surface area contributed by atoms with Gasteiger partial charge in [0.1, 0.15) is 6.61 Å². The smallest absolute Gasteiger partial charge is 0.226 e. The number of ether oxygens (including phenoxy) is 2. The molecule has 0 aliphatic rings. The second-order valence-corrected chi connectivity index (χ2v) is 4.88. The van der Waals surface area contributed by atoms with Gasteiger partial charge in [-0.05, 0) is 27.7 Å². The minimum atomic E-state index is 0.152. The maximum atomic E-state index is 5.61. The first-order valence-corrected chi connectivity index (χ1v) is 6.51. The molecule has 0 aliphatic heterocycles. The van der Waals surface area contributed by atoms with E-state index in [4.69, 9.17) is 15.2 Å². The highest BCUT2D eigenvalue weighted by molar-refractivity contribution is 5.29. The highest BCUT2D eigenvalue weighted by atomic mass is 16.5. The van der Waals surface area contributed by atoms with Crippen molar-refractivity contribution in [2.45, 2.75) is 39.8 Å². The number of nitrogens with two attached hydrogens (primary N) is 1. The summed E-state index contributed by atoms with van der Waals surface area (Å²) in [7, 11) is 1.53. The summed E-state index contributed by atoms with van der Waals surface area (Å²) in [4.78, 5) is 10.3. The van der Waals surface area contributed by atoms with Crippen LogP contribution in [0.4, 0.5) is 5.95 Å². The van der Waals surface area contributed by atoms with Crippen LogP contribution >= 0.6 is 0 Å². The van der Waals surface area contributed by atoms with Crippen LogP contribution in [0.25, 0.3) is 0 Å². The second-order valence-electron chi connectivity index (χ2n) is 4.88. The van der Waals surface area contributed by atoms with Crippen molar-refractivity contribution < 1.29 is 9.47 Å². The maximum absolute atomic E-state index is 5.61. The van der Waals surface area contributed by atoms with Gasteiger partial charge in [-0.15, -0.1) is 0 Å². The van der Waals surface area contributed by atoms with E-state index < -0.39 is 0 Å². The largest absolute Gasteiger partial charge is 0.481 e. The van der Waals surface area contributed by atoms with Crippen molar-refractivity contribution in [3.05, 3.63) is 6.07 Å². The van der Waals surface area contributed by atoms with Gasteiger partial charge in [-0.25, -0.2) is 0 Å². The Morgan fingerprint density at radius 2 is 1.74 bits per heavy atom. The summed E-state index contributed by atoms with van der Waals surface area (Å²) in [6, 6.07) is 2.59. The van der Waals surface area contributed by atoms with Gasteiger partial charge in [-0.1, -0.05) is 0 Å². The van der Waals surface area contributed by atoms with E-state index in [0.717, 1.165) is 6.54 Å². The lowest BCUT2D eigenvalue weighted by Crippen LogP contribution is -2.39. The topological polar surface area (TPSA) is 73.5 Å². The fourth-order valence-corrected chi connectivity index (χ4v) is 1.97. The first-order chi connectivity index (χ1) is 8.93. The van der Waals surface area contributed by atoms with Crippen molar-refractivity contribution in [2.24, 2.45) is 0 Å². The van der Waals surface area contributed by atoms with Crippen LogP contribution in [0.15, 0.2) is 6.07 Å². The van der Waals surface area contributed by atoms with Crippen molar-refractivity contribution in [1.82, 2.24) is 14.9 Å². The molecule has 0 aliphatic carbocycles. The SMILES string of the molecule is COc1cc(OCCN(C(C)C)C(C)C)nc(N)n1. The molecule has 0 saturated heterocycles. The molecule has 1 rings (SSSR count). The number of aromatic nitrogens is 2. The van der Waals surface area contributed by atoms with Crippen molar-refractivity contribution in [3.63, 3.8) is 0 Å². The van der Waals surface area contributed by atoms with Crippen LogP contribution in [0.5, 0.6) is 11.8 Å². The Balaban J connectivity index is 2.55. The molecule has 108 valence electrons. The maximum Gasteiger partial charge on any atom is 0.226 e. The Labute approximate surface area is 114 Å². The normalized spacial score (nSPS) is 11.4. The minimum absolute atomic E-state index is 0.152. The number of nitrogen functional groups attached to an aromatic ring is 1. The molecule has 2 N–H and O–H groups in total. The van der Waals surface area contributed by atoms with E-state index in [9.17, 15) is 0 Å². The van der Waals surface area contributed by atoms with Gasteiger partial charge in [-0.2, -0.15) is 9.97 Å². The van der Waals surface area contributed by atoms with Crippen LogP contribution in [-0.4, -0.2) is 47.2 Å². The van der Waals surface area contributed by atoms with E-state index in [2.05, 4.69) is 42.6 Å². The molecule has 0 fully saturated rings. The van der Waals surface area contributed by atoms with Gasteiger partial charge in [0, 0.05) is 18.6 Å². The molecule has 0 saturated carbocycles.